The highest BCUT2D eigenvalue weighted by atomic mass is 16.2. The molecule has 3 amide bonds. The number of rotatable bonds is 5. The highest BCUT2D eigenvalue weighted by Gasteiger charge is 2.23. The minimum Gasteiger partial charge on any atom is -0.340 e. The molecule has 0 radical (unpaired) electrons. The van der Waals surface area contributed by atoms with Gasteiger partial charge in [-0.25, -0.2) is 9.48 Å². The lowest BCUT2D eigenvalue weighted by atomic mass is 10.2. The van der Waals surface area contributed by atoms with Crippen LogP contribution < -0.4 is 5.32 Å². The molecule has 0 atom stereocenters. The van der Waals surface area contributed by atoms with Gasteiger partial charge in [-0.05, 0) is 37.6 Å². The lowest BCUT2D eigenvalue weighted by molar-refractivity contribution is -0.130. The van der Waals surface area contributed by atoms with Crippen LogP contribution in [0.3, 0.4) is 0 Å². The Hall–Kier alpha value is -2.83. The highest BCUT2D eigenvalue weighted by Crippen LogP contribution is 2.15. The molecule has 0 bridgehead atoms. The Kier molecular flexibility index (Phi) is 4.74. The minimum absolute atomic E-state index is 0.0754. The molecule has 1 fully saturated rings. The Morgan fingerprint density at radius 3 is 2.76 bits per heavy atom. The average molecular weight is 341 g/mol. The largest absolute Gasteiger partial charge is 0.340 e. The van der Waals surface area contributed by atoms with Gasteiger partial charge in [0.1, 0.15) is 6.54 Å². The molecule has 7 nitrogen and oxygen atoms in total. The molecule has 1 aromatic carbocycles. The number of aryl methyl sites for hydroxylation is 2. The number of amides is 3. The van der Waals surface area contributed by atoms with E-state index in [9.17, 15) is 9.59 Å². The zero-order valence-corrected chi connectivity index (χ0v) is 14.8. The molecule has 1 aliphatic heterocycles. The molecule has 0 spiro atoms. The van der Waals surface area contributed by atoms with Crippen molar-refractivity contribution in [2.45, 2.75) is 20.4 Å². The molecule has 1 aliphatic rings. The third-order valence-electron chi connectivity index (χ3n) is 4.28. The Bertz CT molecular complexity index is 799. The maximum absolute atomic E-state index is 12.3. The van der Waals surface area contributed by atoms with Gasteiger partial charge in [-0.15, -0.1) is 0 Å². The minimum atomic E-state index is -0.173. The maximum Gasteiger partial charge on any atom is 0.317 e. The van der Waals surface area contributed by atoms with Gasteiger partial charge in [0.25, 0.3) is 0 Å². The fourth-order valence-corrected chi connectivity index (χ4v) is 2.98. The number of carbonyl (C=O) groups excluding carboxylic acids is 2. The summed E-state index contributed by atoms with van der Waals surface area (Å²) >= 11 is 0. The molecule has 0 unspecified atom stereocenters. The van der Waals surface area contributed by atoms with Gasteiger partial charge in [0.15, 0.2) is 0 Å². The van der Waals surface area contributed by atoms with E-state index in [1.54, 1.807) is 11.9 Å². The number of carbonyl (C=O) groups is 2. The van der Waals surface area contributed by atoms with E-state index >= 15 is 0 Å². The van der Waals surface area contributed by atoms with Crippen molar-refractivity contribution >= 4 is 11.9 Å². The monoisotopic (exact) mass is 341 g/mol. The van der Waals surface area contributed by atoms with Crippen molar-refractivity contribution in [3.05, 3.63) is 47.3 Å². The average Bonchev–Trinajstić information content (AvgIpc) is 3.12. The fraction of sp³-hybridized carbons (Fsp3) is 0.389. The van der Waals surface area contributed by atoms with Crippen LogP contribution in [0.5, 0.6) is 0 Å². The SMILES string of the molecule is Cc1cc(C)n(-c2cccc(CN(C)C(=O)CN3CCNC3=O)c2)n1. The van der Waals surface area contributed by atoms with E-state index in [0.717, 1.165) is 22.6 Å². The molecular weight excluding hydrogens is 318 g/mol. The summed E-state index contributed by atoms with van der Waals surface area (Å²) in [6.45, 7) is 5.75. The van der Waals surface area contributed by atoms with Gasteiger partial charge >= 0.3 is 6.03 Å². The standard InChI is InChI=1S/C18H23N5O2/c1-13-9-14(2)23(20-13)16-6-4-5-15(10-16)11-21(3)17(24)12-22-8-7-19-18(22)25/h4-6,9-10H,7-8,11-12H2,1-3H3,(H,19,25). The molecule has 0 aliphatic carbocycles. The summed E-state index contributed by atoms with van der Waals surface area (Å²) < 4.78 is 1.90. The van der Waals surface area contributed by atoms with E-state index in [2.05, 4.69) is 10.4 Å². The van der Waals surface area contributed by atoms with Gasteiger partial charge in [-0.2, -0.15) is 5.10 Å². The molecule has 7 heteroatoms. The van der Waals surface area contributed by atoms with Crippen LogP contribution in [0, 0.1) is 13.8 Å². The second-order valence-electron chi connectivity index (χ2n) is 6.41. The Balaban J connectivity index is 1.68. The van der Waals surface area contributed by atoms with Crippen LogP contribution in [0.4, 0.5) is 4.79 Å². The van der Waals surface area contributed by atoms with Crippen LogP contribution in [0.25, 0.3) is 5.69 Å². The van der Waals surface area contributed by atoms with E-state index in [4.69, 9.17) is 0 Å². The molecule has 1 saturated heterocycles. The fourth-order valence-electron chi connectivity index (χ4n) is 2.98. The van der Waals surface area contributed by atoms with Crippen LogP contribution in [-0.2, 0) is 11.3 Å². The first kappa shape index (κ1) is 17.0. The number of urea groups is 1. The molecule has 2 heterocycles. The molecule has 3 rings (SSSR count). The predicted molar refractivity (Wildman–Crippen MR) is 94.5 cm³/mol. The van der Waals surface area contributed by atoms with Crippen LogP contribution in [0.1, 0.15) is 17.0 Å². The van der Waals surface area contributed by atoms with Crippen molar-refractivity contribution < 1.29 is 9.59 Å². The van der Waals surface area contributed by atoms with Gasteiger partial charge in [0.2, 0.25) is 5.91 Å². The van der Waals surface area contributed by atoms with Crippen molar-refractivity contribution in [2.24, 2.45) is 0 Å². The van der Waals surface area contributed by atoms with E-state index in [1.807, 2.05) is 48.9 Å². The van der Waals surface area contributed by atoms with E-state index in [1.165, 1.54) is 4.90 Å². The third-order valence-corrected chi connectivity index (χ3v) is 4.28. The first-order chi connectivity index (χ1) is 11.9. The summed E-state index contributed by atoms with van der Waals surface area (Å²) in [4.78, 5) is 27.1. The Labute approximate surface area is 147 Å². The number of benzene rings is 1. The normalized spacial score (nSPS) is 13.9. The Morgan fingerprint density at radius 1 is 1.32 bits per heavy atom. The second kappa shape index (κ2) is 6.96. The van der Waals surface area contributed by atoms with Gasteiger partial charge < -0.3 is 15.1 Å². The number of hydrogen-bond donors (Lipinski definition) is 1. The topological polar surface area (TPSA) is 70.5 Å². The van der Waals surface area contributed by atoms with E-state index in [-0.39, 0.29) is 18.5 Å². The van der Waals surface area contributed by atoms with Crippen molar-refractivity contribution in [2.75, 3.05) is 26.7 Å². The predicted octanol–water partition coefficient (Wildman–Crippen LogP) is 1.47. The Morgan fingerprint density at radius 2 is 2.12 bits per heavy atom. The van der Waals surface area contributed by atoms with Gasteiger partial charge in [0.05, 0.1) is 11.4 Å². The molecule has 1 aromatic heterocycles. The molecule has 1 N–H and O–H groups in total. The van der Waals surface area contributed by atoms with Crippen molar-refractivity contribution in [1.29, 1.82) is 0 Å². The lowest BCUT2D eigenvalue weighted by Gasteiger charge is -2.21. The summed E-state index contributed by atoms with van der Waals surface area (Å²) in [5, 5.41) is 7.20. The van der Waals surface area contributed by atoms with Gasteiger partial charge in [-0.1, -0.05) is 12.1 Å². The van der Waals surface area contributed by atoms with Crippen LogP contribution >= 0.6 is 0 Å². The molecule has 25 heavy (non-hydrogen) atoms. The van der Waals surface area contributed by atoms with Gasteiger partial charge in [0, 0.05) is 32.4 Å². The van der Waals surface area contributed by atoms with E-state index in [0.29, 0.717) is 19.6 Å². The van der Waals surface area contributed by atoms with E-state index < -0.39 is 0 Å². The van der Waals surface area contributed by atoms with Crippen LogP contribution in [0.2, 0.25) is 0 Å². The van der Waals surface area contributed by atoms with Crippen molar-refractivity contribution in [3.8, 4) is 5.69 Å². The van der Waals surface area contributed by atoms with Crippen LogP contribution in [0.15, 0.2) is 30.3 Å². The molecule has 0 saturated carbocycles. The maximum atomic E-state index is 12.3. The zero-order valence-electron chi connectivity index (χ0n) is 14.8. The quantitative estimate of drug-likeness (QED) is 0.895. The summed E-state index contributed by atoms with van der Waals surface area (Å²) in [7, 11) is 1.76. The number of hydrogen-bond acceptors (Lipinski definition) is 3. The second-order valence-corrected chi connectivity index (χ2v) is 6.41. The number of likely N-dealkylation sites (N-methyl/N-ethyl adjacent to an activating group) is 1. The summed E-state index contributed by atoms with van der Waals surface area (Å²) in [6.07, 6.45) is 0. The number of nitrogens with zero attached hydrogens (tertiary/aromatic N) is 4. The van der Waals surface area contributed by atoms with Crippen LogP contribution in [-0.4, -0.2) is 58.2 Å². The molecular formula is C18H23N5O2. The highest BCUT2D eigenvalue weighted by molar-refractivity contribution is 5.84. The smallest absolute Gasteiger partial charge is 0.317 e. The van der Waals surface area contributed by atoms with Crippen molar-refractivity contribution in [3.63, 3.8) is 0 Å². The lowest BCUT2D eigenvalue weighted by Crippen LogP contribution is -2.39. The summed E-state index contributed by atoms with van der Waals surface area (Å²) in [6, 6.07) is 9.84. The number of aromatic nitrogens is 2. The number of nitrogens with one attached hydrogen (secondary N) is 1. The zero-order chi connectivity index (χ0) is 18.0. The first-order valence-electron chi connectivity index (χ1n) is 8.33. The third kappa shape index (κ3) is 3.81. The molecule has 2 aromatic rings. The summed E-state index contributed by atoms with van der Waals surface area (Å²) in [5.74, 6) is -0.0754. The van der Waals surface area contributed by atoms with Crippen molar-refractivity contribution in [1.82, 2.24) is 24.9 Å². The summed E-state index contributed by atoms with van der Waals surface area (Å²) in [5.41, 5.74) is 4.04. The molecule has 132 valence electrons. The van der Waals surface area contributed by atoms with Gasteiger partial charge in [-0.3, -0.25) is 4.79 Å². The first-order valence-corrected chi connectivity index (χ1v) is 8.33.